The molecule has 1 heterocycles. The van der Waals surface area contributed by atoms with Crippen molar-refractivity contribution >= 4 is 27.7 Å². The maximum absolute atomic E-state index is 12.9. The first-order valence-corrected chi connectivity index (χ1v) is 10.3. The summed E-state index contributed by atoms with van der Waals surface area (Å²) in [5.41, 5.74) is 1.84. The number of halogens is 1. The Balaban J connectivity index is 1.35. The van der Waals surface area contributed by atoms with E-state index in [9.17, 15) is 9.59 Å². The molecule has 0 bridgehead atoms. The molecule has 2 aromatic carbocycles. The van der Waals surface area contributed by atoms with Gasteiger partial charge in [-0.15, -0.1) is 0 Å². The summed E-state index contributed by atoms with van der Waals surface area (Å²) >= 11 is 3.45. The summed E-state index contributed by atoms with van der Waals surface area (Å²) in [6.07, 6.45) is 0.929. The maximum atomic E-state index is 12.9. The van der Waals surface area contributed by atoms with Crippen LogP contribution < -0.4 is 4.74 Å². The topological polar surface area (TPSA) is 49.9 Å². The number of carbonyl (C=O) groups excluding carboxylic acids is 2. The van der Waals surface area contributed by atoms with E-state index in [4.69, 9.17) is 4.74 Å². The predicted octanol–water partition coefficient (Wildman–Crippen LogP) is 3.55. The fraction of sp³-hybridized carbons (Fsp3) is 0.364. The van der Waals surface area contributed by atoms with Crippen molar-refractivity contribution in [2.75, 3.05) is 33.3 Å². The maximum Gasteiger partial charge on any atom is 0.255 e. The average Bonchev–Trinajstić information content (AvgIpc) is 3.55. The molecule has 6 heteroatoms. The largest absolute Gasteiger partial charge is 0.497 e. The van der Waals surface area contributed by atoms with Gasteiger partial charge < -0.3 is 14.5 Å². The van der Waals surface area contributed by atoms with E-state index in [-0.39, 0.29) is 17.7 Å². The van der Waals surface area contributed by atoms with Crippen molar-refractivity contribution in [3.8, 4) is 5.75 Å². The third kappa shape index (κ3) is 3.78. The molecule has 0 radical (unpaired) electrons. The Morgan fingerprint density at radius 2 is 1.68 bits per heavy atom. The van der Waals surface area contributed by atoms with Crippen molar-refractivity contribution in [1.29, 1.82) is 0 Å². The van der Waals surface area contributed by atoms with Crippen LogP contribution in [0.1, 0.15) is 28.3 Å². The molecule has 1 aliphatic carbocycles. The number of amides is 2. The highest BCUT2D eigenvalue weighted by Gasteiger charge is 2.46. The smallest absolute Gasteiger partial charge is 0.255 e. The van der Waals surface area contributed by atoms with Gasteiger partial charge in [0.2, 0.25) is 5.91 Å². The van der Waals surface area contributed by atoms with Crippen LogP contribution in [0, 0.1) is 5.92 Å². The lowest BCUT2D eigenvalue weighted by Crippen LogP contribution is -2.51. The zero-order chi connectivity index (χ0) is 19.7. The molecule has 0 N–H and O–H groups in total. The van der Waals surface area contributed by atoms with Crippen LogP contribution in [-0.2, 0) is 4.79 Å². The molecule has 2 amide bonds. The van der Waals surface area contributed by atoms with Gasteiger partial charge in [-0.25, -0.2) is 0 Å². The molecule has 5 nitrogen and oxygen atoms in total. The highest BCUT2D eigenvalue weighted by atomic mass is 79.9. The highest BCUT2D eigenvalue weighted by Crippen LogP contribution is 2.48. The van der Waals surface area contributed by atoms with Crippen LogP contribution in [-0.4, -0.2) is 54.9 Å². The molecule has 2 aromatic rings. The lowest BCUT2D eigenvalue weighted by atomic mass is 10.1. The van der Waals surface area contributed by atoms with Crippen molar-refractivity contribution in [3.05, 3.63) is 64.1 Å². The normalized spacial score (nSPS) is 21.4. The van der Waals surface area contributed by atoms with E-state index in [1.165, 1.54) is 5.56 Å². The van der Waals surface area contributed by atoms with E-state index in [0.29, 0.717) is 43.4 Å². The van der Waals surface area contributed by atoms with Gasteiger partial charge in [-0.05, 0) is 52.0 Å². The van der Waals surface area contributed by atoms with Gasteiger partial charge in [-0.2, -0.15) is 0 Å². The van der Waals surface area contributed by atoms with Gasteiger partial charge in [-0.3, -0.25) is 9.59 Å². The Labute approximate surface area is 173 Å². The molecule has 28 heavy (non-hydrogen) atoms. The van der Waals surface area contributed by atoms with Crippen LogP contribution >= 0.6 is 15.9 Å². The number of nitrogens with zero attached hydrogens (tertiary/aromatic N) is 2. The Hall–Kier alpha value is -2.34. The van der Waals surface area contributed by atoms with Crippen LogP contribution in [0.5, 0.6) is 5.75 Å². The minimum absolute atomic E-state index is 0.0357. The van der Waals surface area contributed by atoms with Crippen LogP contribution in [0.4, 0.5) is 0 Å². The molecule has 2 fully saturated rings. The van der Waals surface area contributed by atoms with Crippen LogP contribution in [0.2, 0.25) is 0 Å². The summed E-state index contributed by atoms with van der Waals surface area (Å²) in [5, 5.41) is 0. The molecule has 1 aliphatic heterocycles. The lowest BCUT2D eigenvalue weighted by Gasteiger charge is -2.35. The highest BCUT2D eigenvalue weighted by molar-refractivity contribution is 9.10. The Morgan fingerprint density at radius 1 is 1.00 bits per heavy atom. The zero-order valence-electron chi connectivity index (χ0n) is 15.8. The van der Waals surface area contributed by atoms with E-state index in [1.807, 2.05) is 40.1 Å². The van der Waals surface area contributed by atoms with Gasteiger partial charge in [0.25, 0.3) is 5.91 Å². The third-order valence-corrected chi connectivity index (χ3v) is 6.31. The SMILES string of the molecule is COc1ccc(Br)c(C(=O)N2CCN(C(=O)C3CC3c3ccccc3)CC2)c1. The van der Waals surface area contributed by atoms with Gasteiger partial charge >= 0.3 is 0 Å². The number of hydrogen-bond donors (Lipinski definition) is 0. The second-order valence-electron chi connectivity index (χ2n) is 7.32. The van der Waals surface area contributed by atoms with Crippen molar-refractivity contribution in [1.82, 2.24) is 9.80 Å². The minimum Gasteiger partial charge on any atom is -0.497 e. The van der Waals surface area contributed by atoms with E-state index < -0.39 is 0 Å². The predicted molar refractivity (Wildman–Crippen MR) is 110 cm³/mol. The van der Waals surface area contributed by atoms with Crippen LogP contribution in [0.15, 0.2) is 53.0 Å². The summed E-state index contributed by atoms with van der Waals surface area (Å²) in [6, 6.07) is 15.6. The van der Waals surface area contributed by atoms with Crippen LogP contribution in [0.3, 0.4) is 0 Å². The zero-order valence-corrected chi connectivity index (χ0v) is 17.4. The average molecular weight is 443 g/mol. The van der Waals surface area contributed by atoms with Crippen molar-refractivity contribution in [2.24, 2.45) is 5.92 Å². The summed E-state index contributed by atoms with van der Waals surface area (Å²) in [5.74, 6) is 1.29. The number of rotatable bonds is 4. The summed E-state index contributed by atoms with van der Waals surface area (Å²) in [6.45, 7) is 2.28. The van der Waals surface area contributed by atoms with Gasteiger partial charge in [0.1, 0.15) is 5.75 Å². The number of ether oxygens (including phenoxy) is 1. The summed E-state index contributed by atoms with van der Waals surface area (Å²) in [4.78, 5) is 29.4. The first-order valence-electron chi connectivity index (χ1n) is 9.55. The standard InChI is InChI=1S/C22H23BrN2O3/c1-28-16-7-8-20(23)19(13-16)22(27)25-11-9-24(10-12-25)21(26)18-14-17(18)15-5-3-2-4-6-15/h2-8,13,17-18H,9-12,14H2,1H3. The number of piperazine rings is 1. The van der Waals surface area contributed by atoms with E-state index in [1.54, 1.807) is 13.2 Å². The van der Waals surface area contributed by atoms with E-state index in [2.05, 4.69) is 28.1 Å². The quantitative estimate of drug-likeness (QED) is 0.727. The summed E-state index contributed by atoms with van der Waals surface area (Å²) < 4.78 is 5.98. The molecule has 2 atom stereocenters. The van der Waals surface area contributed by atoms with Crippen molar-refractivity contribution < 1.29 is 14.3 Å². The Bertz CT molecular complexity index is 879. The van der Waals surface area contributed by atoms with Gasteiger partial charge in [0, 0.05) is 36.6 Å². The fourth-order valence-electron chi connectivity index (χ4n) is 3.87. The molecule has 146 valence electrons. The molecule has 1 saturated carbocycles. The number of hydrogen-bond acceptors (Lipinski definition) is 3. The molecule has 0 spiro atoms. The summed E-state index contributed by atoms with van der Waals surface area (Å²) in [7, 11) is 1.59. The second-order valence-corrected chi connectivity index (χ2v) is 8.18. The van der Waals surface area contributed by atoms with Gasteiger partial charge in [0.05, 0.1) is 12.7 Å². The molecule has 0 aromatic heterocycles. The number of carbonyl (C=O) groups is 2. The second kappa shape index (κ2) is 7.95. The Kier molecular flexibility index (Phi) is 5.40. The molecule has 2 unspecified atom stereocenters. The minimum atomic E-state index is -0.0357. The van der Waals surface area contributed by atoms with Crippen molar-refractivity contribution in [2.45, 2.75) is 12.3 Å². The van der Waals surface area contributed by atoms with Gasteiger partial charge in [-0.1, -0.05) is 30.3 Å². The monoisotopic (exact) mass is 442 g/mol. The first kappa shape index (κ1) is 19.0. The molecular formula is C22H23BrN2O3. The van der Waals surface area contributed by atoms with E-state index in [0.717, 1.165) is 10.9 Å². The molecule has 1 saturated heterocycles. The number of methoxy groups -OCH3 is 1. The third-order valence-electron chi connectivity index (χ3n) is 5.62. The Morgan fingerprint density at radius 3 is 2.36 bits per heavy atom. The fourth-order valence-corrected chi connectivity index (χ4v) is 4.28. The van der Waals surface area contributed by atoms with Crippen LogP contribution in [0.25, 0.3) is 0 Å². The van der Waals surface area contributed by atoms with E-state index >= 15 is 0 Å². The van der Waals surface area contributed by atoms with Crippen molar-refractivity contribution in [3.63, 3.8) is 0 Å². The lowest BCUT2D eigenvalue weighted by molar-refractivity contribution is -0.134. The first-order chi connectivity index (χ1) is 13.6. The number of benzene rings is 2. The molecule has 2 aliphatic rings. The molecular weight excluding hydrogens is 420 g/mol. The molecule has 4 rings (SSSR count). The van der Waals surface area contributed by atoms with Gasteiger partial charge in [0.15, 0.2) is 0 Å².